The summed E-state index contributed by atoms with van der Waals surface area (Å²) in [7, 11) is 0. The van der Waals surface area contributed by atoms with Gasteiger partial charge in [-0.15, -0.1) is 0 Å². The Kier molecular flexibility index (Phi) is 7.95. The Morgan fingerprint density at radius 1 is 1.08 bits per heavy atom. The molecule has 0 heterocycles. The van der Waals surface area contributed by atoms with Crippen molar-refractivity contribution >= 4 is 6.03 Å². The molecule has 2 aromatic rings. The Morgan fingerprint density at radius 3 is 2.48 bits per heavy atom. The van der Waals surface area contributed by atoms with Gasteiger partial charge in [-0.3, -0.25) is 0 Å². The number of benzene rings is 2. The lowest BCUT2D eigenvalue weighted by Crippen LogP contribution is -2.39. The van der Waals surface area contributed by atoms with E-state index in [1.165, 1.54) is 5.56 Å². The number of amides is 2. The Labute approximate surface area is 149 Å². The molecule has 1 atom stereocenters. The quantitative estimate of drug-likeness (QED) is 0.656. The first kappa shape index (κ1) is 19.0. The molecule has 0 aliphatic heterocycles. The lowest BCUT2D eigenvalue weighted by atomic mass is 10.1. The number of aliphatic hydroxyl groups is 1. The molecule has 25 heavy (non-hydrogen) atoms. The highest BCUT2D eigenvalue weighted by Crippen LogP contribution is 2.17. The van der Waals surface area contributed by atoms with Gasteiger partial charge in [-0.05, 0) is 24.5 Å². The molecule has 5 heteroatoms. The van der Waals surface area contributed by atoms with Crippen LogP contribution in [0.5, 0.6) is 0 Å². The normalized spacial score (nSPS) is 11.8. The second-order valence-electron chi connectivity index (χ2n) is 5.87. The van der Waals surface area contributed by atoms with Crippen LogP contribution in [0.1, 0.15) is 22.8 Å². The number of rotatable bonds is 9. The minimum atomic E-state index is -0.285. The van der Waals surface area contributed by atoms with Gasteiger partial charge in [0.25, 0.3) is 0 Å². The van der Waals surface area contributed by atoms with Crippen molar-refractivity contribution in [1.82, 2.24) is 10.6 Å². The van der Waals surface area contributed by atoms with Crippen LogP contribution in [0.25, 0.3) is 0 Å². The molecular weight excluding hydrogens is 316 g/mol. The van der Waals surface area contributed by atoms with Gasteiger partial charge in [-0.2, -0.15) is 0 Å². The molecule has 2 rings (SSSR count). The fourth-order valence-electron chi connectivity index (χ4n) is 2.46. The van der Waals surface area contributed by atoms with Crippen molar-refractivity contribution in [2.75, 3.05) is 26.3 Å². The molecule has 0 aliphatic carbocycles. The van der Waals surface area contributed by atoms with E-state index in [2.05, 4.69) is 10.6 Å². The third-order valence-corrected chi connectivity index (χ3v) is 3.85. The number of aryl methyl sites for hydroxylation is 1. The van der Waals surface area contributed by atoms with E-state index >= 15 is 0 Å². The van der Waals surface area contributed by atoms with Gasteiger partial charge in [-0.25, -0.2) is 4.79 Å². The molecule has 0 aliphatic rings. The number of carbonyl (C=O) groups is 1. The van der Waals surface area contributed by atoms with Crippen LogP contribution in [-0.2, 0) is 11.2 Å². The summed E-state index contributed by atoms with van der Waals surface area (Å²) in [5, 5.41) is 14.7. The van der Waals surface area contributed by atoms with Crippen molar-refractivity contribution in [1.29, 1.82) is 0 Å². The number of aliphatic hydroxyl groups excluding tert-OH is 1. The molecule has 0 saturated heterocycles. The van der Waals surface area contributed by atoms with Crippen LogP contribution in [0.3, 0.4) is 0 Å². The Hall–Kier alpha value is -2.37. The van der Waals surface area contributed by atoms with Gasteiger partial charge in [-0.1, -0.05) is 60.2 Å². The van der Waals surface area contributed by atoms with Gasteiger partial charge < -0.3 is 20.5 Å². The second-order valence-corrected chi connectivity index (χ2v) is 5.87. The van der Waals surface area contributed by atoms with Gasteiger partial charge in [0, 0.05) is 13.1 Å². The average molecular weight is 342 g/mol. The largest absolute Gasteiger partial charge is 0.394 e. The maximum Gasteiger partial charge on any atom is 0.314 e. The van der Waals surface area contributed by atoms with Crippen LogP contribution in [0.4, 0.5) is 4.79 Å². The predicted octanol–water partition coefficient (Wildman–Crippen LogP) is 2.59. The molecule has 2 aromatic carbocycles. The van der Waals surface area contributed by atoms with Crippen LogP contribution in [0, 0.1) is 6.92 Å². The molecule has 0 radical (unpaired) electrons. The van der Waals surface area contributed by atoms with E-state index in [1.54, 1.807) is 0 Å². The fourth-order valence-corrected chi connectivity index (χ4v) is 2.46. The van der Waals surface area contributed by atoms with Crippen LogP contribution >= 0.6 is 0 Å². The monoisotopic (exact) mass is 342 g/mol. The molecular formula is C20H26N2O3. The molecule has 134 valence electrons. The van der Waals surface area contributed by atoms with Crippen LogP contribution < -0.4 is 10.6 Å². The first-order chi connectivity index (χ1) is 12.2. The van der Waals surface area contributed by atoms with Crippen molar-refractivity contribution in [2.24, 2.45) is 0 Å². The third-order valence-electron chi connectivity index (χ3n) is 3.85. The van der Waals surface area contributed by atoms with Crippen LogP contribution in [0.15, 0.2) is 54.6 Å². The van der Waals surface area contributed by atoms with Gasteiger partial charge >= 0.3 is 6.03 Å². The van der Waals surface area contributed by atoms with Crippen LogP contribution in [0.2, 0.25) is 0 Å². The molecule has 1 unspecified atom stereocenters. The standard InChI is InChI=1S/C20H26N2O3/c1-16-7-9-18(10-8-16)19(25-14-13-23)15-22-20(24)21-12-11-17-5-3-2-4-6-17/h2-10,19,23H,11-15H2,1H3,(H2,21,22,24). The summed E-state index contributed by atoms with van der Waals surface area (Å²) in [4.78, 5) is 12.0. The number of hydrogen-bond acceptors (Lipinski definition) is 3. The second kappa shape index (κ2) is 10.5. The zero-order valence-electron chi connectivity index (χ0n) is 14.6. The lowest BCUT2D eigenvalue weighted by Gasteiger charge is -2.19. The highest BCUT2D eigenvalue weighted by molar-refractivity contribution is 5.73. The minimum absolute atomic E-state index is 0.0500. The van der Waals surface area contributed by atoms with Gasteiger partial charge in [0.05, 0.1) is 19.3 Å². The summed E-state index contributed by atoms with van der Waals surface area (Å²) in [6.45, 7) is 3.12. The lowest BCUT2D eigenvalue weighted by molar-refractivity contribution is 0.0294. The Bertz CT molecular complexity index is 629. The third kappa shape index (κ3) is 6.95. The summed E-state index contributed by atoms with van der Waals surface area (Å²) in [5.41, 5.74) is 3.33. The van der Waals surface area contributed by atoms with Gasteiger partial charge in [0.15, 0.2) is 0 Å². The highest BCUT2D eigenvalue weighted by Gasteiger charge is 2.13. The van der Waals surface area contributed by atoms with E-state index in [0.717, 1.165) is 17.5 Å². The molecule has 2 amide bonds. The summed E-state index contributed by atoms with van der Waals surface area (Å²) in [6.07, 6.45) is 0.504. The minimum Gasteiger partial charge on any atom is -0.394 e. The first-order valence-electron chi connectivity index (χ1n) is 8.53. The summed E-state index contributed by atoms with van der Waals surface area (Å²) in [5.74, 6) is 0. The van der Waals surface area contributed by atoms with Crippen molar-refractivity contribution in [2.45, 2.75) is 19.4 Å². The van der Waals surface area contributed by atoms with E-state index in [-0.39, 0.29) is 25.3 Å². The molecule has 0 aromatic heterocycles. The zero-order chi connectivity index (χ0) is 17.9. The zero-order valence-corrected chi connectivity index (χ0v) is 14.6. The summed E-state index contributed by atoms with van der Waals surface area (Å²) >= 11 is 0. The van der Waals surface area contributed by atoms with Crippen LogP contribution in [-0.4, -0.2) is 37.4 Å². The summed E-state index contributed by atoms with van der Waals surface area (Å²) < 4.78 is 5.65. The summed E-state index contributed by atoms with van der Waals surface area (Å²) in [6, 6.07) is 17.8. The highest BCUT2D eigenvalue weighted by atomic mass is 16.5. The smallest absolute Gasteiger partial charge is 0.314 e. The molecule has 0 spiro atoms. The Balaban J connectivity index is 1.78. The molecule has 5 nitrogen and oxygen atoms in total. The molecule has 3 N–H and O–H groups in total. The number of carbonyl (C=O) groups excluding carboxylic acids is 1. The fraction of sp³-hybridized carbons (Fsp3) is 0.350. The van der Waals surface area contributed by atoms with Crippen molar-refractivity contribution in [3.8, 4) is 0 Å². The molecule has 0 fully saturated rings. The topological polar surface area (TPSA) is 70.6 Å². The van der Waals surface area contributed by atoms with Crippen molar-refractivity contribution in [3.63, 3.8) is 0 Å². The predicted molar refractivity (Wildman–Crippen MR) is 98.5 cm³/mol. The maximum absolute atomic E-state index is 12.0. The van der Waals surface area contributed by atoms with E-state index in [4.69, 9.17) is 9.84 Å². The van der Waals surface area contributed by atoms with Gasteiger partial charge in [0.1, 0.15) is 0 Å². The SMILES string of the molecule is Cc1ccc(C(CNC(=O)NCCc2ccccc2)OCCO)cc1. The average Bonchev–Trinajstić information content (AvgIpc) is 2.64. The van der Waals surface area contributed by atoms with E-state index in [9.17, 15) is 4.79 Å². The van der Waals surface area contributed by atoms with Crippen molar-refractivity contribution < 1.29 is 14.6 Å². The first-order valence-corrected chi connectivity index (χ1v) is 8.53. The van der Waals surface area contributed by atoms with E-state index in [1.807, 2.05) is 61.5 Å². The molecule has 0 bridgehead atoms. The molecule has 0 saturated carbocycles. The number of ether oxygens (including phenoxy) is 1. The Morgan fingerprint density at radius 2 is 1.80 bits per heavy atom. The van der Waals surface area contributed by atoms with E-state index in [0.29, 0.717) is 13.1 Å². The number of hydrogen-bond donors (Lipinski definition) is 3. The van der Waals surface area contributed by atoms with E-state index < -0.39 is 0 Å². The van der Waals surface area contributed by atoms with Gasteiger partial charge in [0.2, 0.25) is 0 Å². The van der Waals surface area contributed by atoms with Crippen molar-refractivity contribution in [3.05, 3.63) is 71.3 Å². The maximum atomic E-state index is 12.0. The number of nitrogens with one attached hydrogen (secondary N) is 2. The number of urea groups is 1.